The van der Waals surface area contributed by atoms with Crippen molar-refractivity contribution in [2.24, 2.45) is 7.05 Å². The molecule has 2 unspecified atom stereocenters. The Kier molecular flexibility index (Phi) is 11.2. The molecule has 13 nitrogen and oxygen atoms in total. The number of fused-ring (bicyclic) bond motifs is 5. The summed E-state index contributed by atoms with van der Waals surface area (Å²) >= 11 is 0. The Balaban J connectivity index is 1.25. The van der Waals surface area contributed by atoms with Crippen LogP contribution in [-0.4, -0.2) is 113 Å². The summed E-state index contributed by atoms with van der Waals surface area (Å²) in [4.78, 5) is 33.4. The van der Waals surface area contributed by atoms with E-state index in [1.807, 2.05) is 17.7 Å². The number of aryl methyl sites for hydroxylation is 1. The lowest BCUT2D eigenvalue weighted by molar-refractivity contribution is 0.0511. The average molecular weight is 828 g/mol. The molecule has 2 aromatic heterocycles. The summed E-state index contributed by atoms with van der Waals surface area (Å²) in [6, 6.07) is 6.84. The molecule has 59 heavy (non-hydrogen) atoms. The number of piperazine rings is 1. The lowest BCUT2D eigenvalue weighted by Gasteiger charge is -2.40. The highest BCUT2D eigenvalue weighted by atomic mass is 28.3. The molecule has 4 fully saturated rings. The minimum absolute atomic E-state index is 0.00822. The van der Waals surface area contributed by atoms with Crippen molar-refractivity contribution in [3.05, 3.63) is 35.6 Å². The molecule has 0 aliphatic carbocycles. The van der Waals surface area contributed by atoms with E-state index in [0.29, 0.717) is 75.6 Å². The van der Waals surface area contributed by atoms with Crippen LogP contribution in [-0.2, 0) is 11.8 Å². The van der Waals surface area contributed by atoms with E-state index in [9.17, 15) is 9.90 Å². The molecule has 2 bridgehead atoms. The largest absolute Gasteiger partial charge is 0.467 e. The average Bonchev–Trinajstić information content (AvgIpc) is 3.93. The summed E-state index contributed by atoms with van der Waals surface area (Å²) in [7, 11) is 1.16. The van der Waals surface area contributed by atoms with E-state index in [0.717, 1.165) is 51.6 Å². The first-order valence-corrected chi connectivity index (χ1v) is 23.5. The molecule has 4 saturated heterocycles. The van der Waals surface area contributed by atoms with Crippen LogP contribution < -0.4 is 19.1 Å². The SMILES string of the molecule is COCOc1cc(Oc2nc3nc(OCC45CCCN4CCC5)nc(N4CC5CCC(C4)N5C(=O)O)c3n2C)c2c(C#C[Si](C(C)C)(C(C)C)C(C)C)c(F)ccc2c1. The standard InChI is InChI=1S/C44H58FN7O6Si/c1-27(2)59(28(3)4,29(5)6)20-15-34-35(45)14-11-30-21-33(57-26-55-8)22-36(37(30)34)58-42-47-39-38(49(42)7)40(50-23-31-12-13-32(24-50)52(31)43(53)54)48-41(46-39)56-25-44-16-9-18-51(44)19-10-17-44/h11,14,21-22,27-29,31-32H,9-10,12-13,16-19,23-26H2,1-8H3,(H,53,54). The Bertz CT molecular complexity index is 2260. The number of amides is 1. The number of ether oxygens (including phenoxy) is 4. The van der Waals surface area contributed by atoms with Gasteiger partial charge < -0.3 is 29.0 Å². The van der Waals surface area contributed by atoms with Gasteiger partial charge in [0.05, 0.1) is 23.2 Å². The summed E-state index contributed by atoms with van der Waals surface area (Å²) in [5.41, 5.74) is 6.05. The van der Waals surface area contributed by atoms with Crippen molar-refractivity contribution >= 4 is 41.9 Å². The molecule has 0 radical (unpaired) electrons. The molecule has 4 aliphatic heterocycles. The van der Waals surface area contributed by atoms with Crippen molar-refractivity contribution in [2.75, 3.05) is 51.6 Å². The van der Waals surface area contributed by atoms with Gasteiger partial charge in [-0.2, -0.15) is 15.0 Å². The predicted octanol–water partition coefficient (Wildman–Crippen LogP) is 8.34. The normalized spacial score (nSPS) is 20.3. The van der Waals surface area contributed by atoms with Gasteiger partial charge in [-0.1, -0.05) is 53.5 Å². The Hall–Kier alpha value is -4.65. The Morgan fingerprint density at radius 2 is 1.66 bits per heavy atom. The van der Waals surface area contributed by atoms with Crippen LogP contribution in [0.4, 0.5) is 15.0 Å². The number of benzene rings is 2. The summed E-state index contributed by atoms with van der Waals surface area (Å²) in [5.74, 6) is 4.35. The van der Waals surface area contributed by atoms with Crippen molar-refractivity contribution in [1.29, 1.82) is 0 Å². The molecule has 4 aliphatic rings. The van der Waals surface area contributed by atoms with Crippen LogP contribution >= 0.6 is 0 Å². The van der Waals surface area contributed by atoms with Gasteiger partial charge in [-0.15, -0.1) is 5.54 Å². The van der Waals surface area contributed by atoms with Gasteiger partial charge in [-0.05, 0) is 85.8 Å². The number of halogens is 1. The summed E-state index contributed by atoms with van der Waals surface area (Å²) in [6.07, 6.45) is 5.12. The van der Waals surface area contributed by atoms with Crippen LogP contribution in [0.1, 0.15) is 85.6 Å². The van der Waals surface area contributed by atoms with E-state index in [4.69, 9.17) is 33.9 Å². The molecule has 0 spiro atoms. The maximum Gasteiger partial charge on any atom is 0.407 e. The first-order valence-electron chi connectivity index (χ1n) is 21.2. The fraction of sp³-hybridized carbons (Fsp3) is 0.591. The number of aromatic nitrogens is 4. The van der Waals surface area contributed by atoms with E-state index in [1.165, 1.54) is 6.07 Å². The van der Waals surface area contributed by atoms with Crippen LogP contribution in [0.5, 0.6) is 23.5 Å². The molecule has 316 valence electrons. The maximum atomic E-state index is 16.2. The second-order valence-corrected chi connectivity index (χ2v) is 23.5. The highest BCUT2D eigenvalue weighted by molar-refractivity contribution is 6.90. The number of hydrogen-bond acceptors (Lipinski definition) is 10. The number of hydrogen-bond donors (Lipinski definition) is 1. The van der Waals surface area contributed by atoms with Crippen molar-refractivity contribution in [1.82, 2.24) is 29.3 Å². The van der Waals surface area contributed by atoms with Gasteiger partial charge >= 0.3 is 18.1 Å². The minimum Gasteiger partial charge on any atom is -0.467 e. The molecular weight excluding hydrogens is 770 g/mol. The molecule has 1 N–H and O–H groups in total. The van der Waals surface area contributed by atoms with Crippen molar-refractivity contribution in [3.63, 3.8) is 0 Å². The third kappa shape index (κ3) is 7.24. The molecule has 2 atom stereocenters. The monoisotopic (exact) mass is 827 g/mol. The maximum absolute atomic E-state index is 16.2. The second-order valence-electron chi connectivity index (χ2n) is 17.9. The summed E-state index contributed by atoms with van der Waals surface area (Å²) in [5, 5.41) is 11.2. The number of anilines is 1. The van der Waals surface area contributed by atoms with E-state index in [2.05, 4.69) is 62.8 Å². The molecule has 0 saturated carbocycles. The minimum atomic E-state index is -2.24. The number of imidazole rings is 1. The number of nitrogens with zero attached hydrogens (tertiary/aromatic N) is 7. The van der Waals surface area contributed by atoms with Crippen molar-refractivity contribution in [3.8, 4) is 35.0 Å². The van der Waals surface area contributed by atoms with Crippen molar-refractivity contribution in [2.45, 2.75) is 114 Å². The van der Waals surface area contributed by atoms with E-state index in [-0.39, 0.29) is 42.0 Å². The first-order chi connectivity index (χ1) is 28.3. The van der Waals surface area contributed by atoms with Gasteiger partial charge in [0.2, 0.25) is 0 Å². The quantitative estimate of drug-likeness (QED) is 0.0842. The molecule has 2 aromatic carbocycles. The summed E-state index contributed by atoms with van der Waals surface area (Å²) < 4.78 is 42.4. The molecule has 4 aromatic rings. The van der Waals surface area contributed by atoms with Gasteiger partial charge in [0.25, 0.3) is 0 Å². The van der Waals surface area contributed by atoms with Gasteiger partial charge in [0.1, 0.15) is 37.5 Å². The van der Waals surface area contributed by atoms with Gasteiger partial charge in [0, 0.05) is 38.7 Å². The topological polar surface area (TPSA) is 128 Å². The molecular formula is C44H58FN7O6Si. The van der Waals surface area contributed by atoms with Crippen LogP contribution in [0, 0.1) is 17.3 Å². The van der Waals surface area contributed by atoms with Gasteiger partial charge in [0.15, 0.2) is 18.3 Å². The lowest BCUT2D eigenvalue weighted by atomic mass is 9.95. The number of methoxy groups -OCH3 is 1. The highest BCUT2D eigenvalue weighted by Gasteiger charge is 2.46. The summed E-state index contributed by atoms with van der Waals surface area (Å²) in [6.45, 7) is 17.0. The zero-order valence-electron chi connectivity index (χ0n) is 35.7. The van der Waals surface area contributed by atoms with Crippen molar-refractivity contribution < 1.29 is 33.2 Å². The van der Waals surface area contributed by atoms with Crippen LogP contribution in [0.2, 0.25) is 16.6 Å². The van der Waals surface area contributed by atoms with Crippen LogP contribution in [0.15, 0.2) is 24.3 Å². The van der Waals surface area contributed by atoms with E-state index in [1.54, 1.807) is 24.1 Å². The van der Waals surface area contributed by atoms with E-state index < -0.39 is 20.0 Å². The highest BCUT2D eigenvalue weighted by Crippen LogP contribution is 2.44. The lowest BCUT2D eigenvalue weighted by Crippen LogP contribution is -2.55. The first kappa shape index (κ1) is 41.1. The Morgan fingerprint density at radius 1 is 0.983 bits per heavy atom. The zero-order valence-corrected chi connectivity index (χ0v) is 36.7. The molecule has 1 amide bonds. The Labute approximate surface area is 347 Å². The molecule has 6 heterocycles. The van der Waals surface area contributed by atoms with Crippen LogP contribution in [0.25, 0.3) is 21.9 Å². The zero-order chi connectivity index (χ0) is 41.8. The third-order valence-electron chi connectivity index (χ3n) is 13.8. The van der Waals surface area contributed by atoms with Gasteiger partial charge in [-0.25, -0.2) is 9.18 Å². The molecule has 8 rings (SSSR count). The van der Waals surface area contributed by atoms with E-state index >= 15 is 4.39 Å². The fourth-order valence-corrected chi connectivity index (χ4v) is 16.2. The number of carboxylic acid groups (broad SMARTS) is 1. The predicted molar refractivity (Wildman–Crippen MR) is 228 cm³/mol. The van der Waals surface area contributed by atoms with Crippen LogP contribution in [0.3, 0.4) is 0 Å². The Morgan fingerprint density at radius 3 is 2.29 bits per heavy atom. The second kappa shape index (κ2) is 16.1. The third-order valence-corrected chi connectivity index (χ3v) is 20.0. The number of carbonyl (C=O) groups is 1. The molecule has 15 heteroatoms. The van der Waals surface area contributed by atoms with Gasteiger partial charge in [-0.3, -0.25) is 14.4 Å². The smallest absolute Gasteiger partial charge is 0.407 e. The fourth-order valence-electron chi connectivity index (χ4n) is 11.0. The number of rotatable bonds is 12.